The predicted molar refractivity (Wildman–Crippen MR) is 96.3 cm³/mol. The largest absolute Gasteiger partial charge is 0.456 e. The van der Waals surface area contributed by atoms with Gasteiger partial charge in [-0.1, -0.05) is 0 Å². The first-order valence-electron chi connectivity index (χ1n) is 9.70. The Morgan fingerprint density at radius 2 is 1.60 bits per heavy atom. The zero-order valence-corrected chi connectivity index (χ0v) is 15.9. The molecule has 0 atom stereocenters. The van der Waals surface area contributed by atoms with Gasteiger partial charge in [-0.2, -0.15) is 11.8 Å². The molecular formula is C19H29NO4S. The fraction of sp³-hybridized carbons (Fsp3) is 0.895. The number of hydrogen-bond donors (Lipinski definition) is 0. The van der Waals surface area contributed by atoms with Crippen molar-refractivity contribution in [3.63, 3.8) is 0 Å². The monoisotopic (exact) mass is 367 g/mol. The third-order valence-electron chi connectivity index (χ3n) is 6.90. The third kappa shape index (κ3) is 3.70. The molecule has 1 heterocycles. The molecule has 140 valence electrons. The van der Waals surface area contributed by atoms with Crippen LogP contribution in [0.25, 0.3) is 0 Å². The molecule has 0 aromatic carbocycles. The van der Waals surface area contributed by atoms with E-state index in [-0.39, 0.29) is 30.7 Å². The van der Waals surface area contributed by atoms with Crippen molar-refractivity contribution in [3.05, 3.63) is 0 Å². The van der Waals surface area contributed by atoms with Gasteiger partial charge in [0, 0.05) is 24.6 Å². The first-order chi connectivity index (χ1) is 12.0. The zero-order valence-electron chi connectivity index (χ0n) is 15.1. The maximum atomic E-state index is 12.3. The Bertz CT molecular complexity index is 504. The van der Waals surface area contributed by atoms with E-state index in [1.165, 1.54) is 32.1 Å². The van der Waals surface area contributed by atoms with Crippen LogP contribution in [0.15, 0.2) is 0 Å². The van der Waals surface area contributed by atoms with E-state index in [1.54, 1.807) is 0 Å². The Kier molecular flexibility index (Phi) is 5.02. The average molecular weight is 368 g/mol. The average Bonchev–Trinajstić information content (AvgIpc) is 2.58. The highest BCUT2D eigenvalue weighted by molar-refractivity contribution is 7.99. The molecule has 5 rings (SSSR count). The highest BCUT2D eigenvalue weighted by Crippen LogP contribution is 2.59. The minimum Gasteiger partial charge on any atom is -0.456 e. The molecule has 0 N–H and O–H groups in total. The van der Waals surface area contributed by atoms with E-state index in [2.05, 4.69) is 11.8 Å². The second-order valence-electron chi connectivity index (χ2n) is 8.51. The van der Waals surface area contributed by atoms with Crippen molar-refractivity contribution in [1.29, 1.82) is 0 Å². The van der Waals surface area contributed by atoms with Gasteiger partial charge < -0.3 is 9.47 Å². The Morgan fingerprint density at radius 3 is 2.20 bits per heavy atom. The van der Waals surface area contributed by atoms with E-state index in [9.17, 15) is 9.59 Å². The lowest BCUT2D eigenvalue weighted by Crippen LogP contribution is -2.58. The maximum Gasteiger partial charge on any atom is 0.344 e. The van der Waals surface area contributed by atoms with Crippen LogP contribution in [-0.4, -0.2) is 60.2 Å². The molecule has 0 spiro atoms. The summed E-state index contributed by atoms with van der Waals surface area (Å²) in [5.41, 5.74) is -0.346. The number of carbonyl (C=O) groups is 2. The van der Waals surface area contributed by atoms with E-state index in [0.717, 1.165) is 36.4 Å². The smallest absolute Gasteiger partial charge is 0.344 e. The first kappa shape index (κ1) is 17.7. The van der Waals surface area contributed by atoms with E-state index < -0.39 is 0 Å². The van der Waals surface area contributed by atoms with Crippen LogP contribution in [0.4, 0.5) is 0 Å². The summed E-state index contributed by atoms with van der Waals surface area (Å²) in [6.45, 7) is 3.97. The molecule has 4 saturated carbocycles. The van der Waals surface area contributed by atoms with Crippen LogP contribution < -0.4 is 0 Å². The summed E-state index contributed by atoms with van der Waals surface area (Å²) in [6.07, 6.45) is 6.17. The highest BCUT2D eigenvalue weighted by Gasteiger charge is 2.57. The van der Waals surface area contributed by atoms with Crippen LogP contribution in [0.5, 0.6) is 0 Å². The van der Waals surface area contributed by atoms with Gasteiger partial charge in [-0.25, -0.2) is 4.79 Å². The van der Waals surface area contributed by atoms with Crippen molar-refractivity contribution in [2.45, 2.75) is 44.6 Å². The molecule has 25 heavy (non-hydrogen) atoms. The van der Waals surface area contributed by atoms with Crippen molar-refractivity contribution >= 4 is 23.7 Å². The number of thioether (sulfide) groups is 1. The fourth-order valence-electron chi connectivity index (χ4n) is 5.69. The Morgan fingerprint density at radius 1 is 1.00 bits per heavy atom. The van der Waals surface area contributed by atoms with Crippen LogP contribution in [0.1, 0.15) is 39.0 Å². The summed E-state index contributed by atoms with van der Waals surface area (Å²) < 4.78 is 11.1. The molecule has 0 radical (unpaired) electrons. The van der Waals surface area contributed by atoms with Gasteiger partial charge in [-0.3, -0.25) is 9.69 Å². The molecule has 5 aliphatic rings. The van der Waals surface area contributed by atoms with Gasteiger partial charge in [0.15, 0.2) is 6.61 Å². The van der Waals surface area contributed by atoms with Gasteiger partial charge >= 0.3 is 11.9 Å². The second kappa shape index (κ2) is 7.10. The van der Waals surface area contributed by atoms with E-state index in [1.807, 2.05) is 11.8 Å². The highest BCUT2D eigenvalue weighted by atomic mass is 32.2. The number of carbonyl (C=O) groups excluding carboxylic acids is 2. The fourth-order valence-corrected chi connectivity index (χ4v) is 6.67. The summed E-state index contributed by atoms with van der Waals surface area (Å²) in [6, 6.07) is 0. The molecule has 5 nitrogen and oxygen atoms in total. The van der Waals surface area contributed by atoms with E-state index in [4.69, 9.17) is 9.47 Å². The van der Waals surface area contributed by atoms with Crippen molar-refractivity contribution in [2.24, 2.45) is 23.7 Å². The standard InChI is InChI=1S/C19H29NO4S/c1-19(15-7-13-6-14(9-15)10-16(19)8-13)24-18(22)12-23-17(21)11-20-2-4-25-5-3-20/h13-16H,2-12H2,1H3. The minimum atomic E-state index is -0.377. The summed E-state index contributed by atoms with van der Waals surface area (Å²) >= 11 is 1.91. The first-order valence-corrected chi connectivity index (χ1v) is 10.9. The molecule has 0 aromatic rings. The Labute approximate surface area is 154 Å². The van der Waals surface area contributed by atoms with Crippen molar-refractivity contribution in [3.8, 4) is 0 Å². The van der Waals surface area contributed by atoms with E-state index >= 15 is 0 Å². The summed E-state index contributed by atoms with van der Waals surface area (Å²) in [7, 11) is 0. The molecule has 0 amide bonds. The molecule has 0 aromatic heterocycles. The summed E-state index contributed by atoms with van der Waals surface area (Å²) in [5.74, 6) is 4.08. The molecule has 6 heteroatoms. The predicted octanol–water partition coefficient (Wildman–Crippen LogP) is 2.34. The molecule has 5 fully saturated rings. The summed E-state index contributed by atoms with van der Waals surface area (Å²) in [4.78, 5) is 26.4. The zero-order chi connectivity index (χ0) is 17.4. The maximum absolute atomic E-state index is 12.3. The number of rotatable bonds is 5. The Balaban J connectivity index is 1.25. The lowest BCUT2D eigenvalue weighted by molar-refractivity contribution is -0.207. The van der Waals surface area contributed by atoms with Gasteiger partial charge in [0.2, 0.25) is 0 Å². The molecular weight excluding hydrogens is 338 g/mol. The van der Waals surface area contributed by atoms with Gasteiger partial charge in [-0.15, -0.1) is 0 Å². The van der Waals surface area contributed by atoms with Crippen molar-refractivity contribution in [1.82, 2.24) is 4.90 Å². The normalized spacial score (nSPS) is 40.0. The van der Waals surface area contributed by atoms with E-state index in [0.29, 0.717) is 11.8 Å². The minimum absolute atomic E-state index is 0.247. The van der Waals surface area contributed by atoms with Crippen molar-refractivity contribution < 1.29 is 19.1 Å². The van der Waals surface area contributed by atoms with Crippen molar-refractivity contribution in [2.75, 3.05) is 37.7 Å². The van der Waals surface area contributed by atoms with Crippen LogP contribution in [-0.2, 0) is 19.1 Å². The van der Waals surface area contributed by atoms with Gasteiger partial charge in [-0.05, 0) is 62.7 Å². The second-order valence-corrected chi connectivity index (χ2v) is 9.74. The quantitative estimate of drug-likeness (QED) is 0.695. The van der Waals surface area contributed by atoms with Crippen LogP contribution in [0, 0.1) is 23.7 Å². The number of ether oxygens (including phenoxy) is 2. The number of nitrogens with zero attached hydrogens (tertiary/aromatic N) is 1. The van der Waals surface area contributed by atoms with Crippen LogP contribution in [0.3, 0.4) is 0 Å². The Hall–Kier alpha value is -0.750. The molecule has 4 bridgehead atoms. The molecule has 1 aliphatic heterocycles. The lowest BCUT2D eigenvalue weighted by atomic mass is 9.50. The van der Waals surface area contributed by atoms with Crippen LogP contribution in [0.2, 0.25) is 0 Å². The topological polar surface area (TPSA) is 55.8 Å². The molecule has 0 unspecified atom stereocenters. The van der Waals surface area contributed by atoms with Gasteiger partial charge in [0.25, 0.3) is 0 Å². The summed E-state index contributed by atoms with van der Waals surface area (Å²) in [5, 5.41) is 0. The van der Waals surface area contributed by atoms with Crippen LogP contribution >= 0.6 is 11.8 Å². The number of hydrogen-bond acceptors (Lipinski definition) is 6. The molecule has 4 aliphatic carbocycles. The van der Waals surface area contributed by atoms with Gasteiger partial charge in [0.1, 0.15) is 5.60 Å². The number of esters is 2. The molecule has 1 saturated heterocycles. The SMILES string of the molecule is CC1(OC(=O)COC(=O)CN2CCSCC2)C2CC3CC(C2)CC1C3. The van der Waals surface area contributed by atoms with Gasteiger partial charge in [0.05, 0.1) is 6.54 Å². The lowest BCUT2D eigenvalue weighted by Gasteiger charge is -2.59. The third-order valence-corrected chi connectivity index (χ3v) is 7.84.